The van der Waals surface area contributed by atoms with Crippen LogP contribution in [0.15, 0.2) is 16.9 Å². The first-order chi connectivity index (χ1) is 10.7. The number of imide groups is 1. The molecule has 0 fully saturated rings. The molecule has 3 rings (SSSR count). The van der Waals surface area contributed by atoms with Crippen LogP contribution >= 0.6 is 34.8 Å². The van der Waals surface area contributed by atoms with E-state index in [1.54, 1.807) is 6.92 Å². The number of hydrogen-bond donors (Lipinski definition) is 2. The first-order valence-electron chi connectivity index (χ1n) is 6.29. The lowest BCUT2D eigenvalue weighted by Crippen LogP contribution is -2.24. The largest absolute Gasteiger partial charge is 0.384 e. The molecule has 0 aliphatic carbocycles. The number of amides is 2. The Kier molecular flexibility index (Phi) is 3.63. The highest BCUT2D eigenvalue weighted by Gasteiger charge is 2.32. The molecular formula is C14H8Cl3N3O3. The number of nitrogens with two attached hydrogens (primary N) is 1. The molecule has 2 heterocycles. The monoisotopic (exact) mass is 371 g/mol. The van der Waals surface area contributed by atoms with E-state index in [1.807, 2.05) is 0 Å². The van der Waals surface area contributed by atoms with E-state index in [4.69, 9.17) is 40.5 Å². The van der Waals surface area contributed by atoms with Crippen molar-refractivity contribution in [3.8, 4) is 5.69 Å². The van der Waals surface area contributed by atoms with Crippen LogP contribution < -0.4 is 16.6 Å². The molecule has 0 radical (unpaired) electrons. The van der Waals surface area contributed by atoms with Gasteiger partial charge >= 0.3 is 0 Å². The number of nitrogens with one attached hydrogen (secondary N) is 1. The van der Waals surface area contributed by atoms with E-state index in [-0.39, 0.29) is 32.7 Å². The average Bonchev–Trinajstić information content (AvgIpc) is 2.74. The van der Waals surface area contributed by atoms with Crippen molar-refractivity contribution in [1.82, 2.24) is 9.88 Å². The van der Waals surface area contributed by atoms with E-state index < -0.39 is 17.4 Å². The molecule has 1 aromatic carbocycles. The van der Waals surface area contributed by atoms with Gasteiger partial charge in [0.2, 0.25) is 0 Å². The fraction of sp³-hybridized carbons (Fsp3) is 0.0714. The molecule has 1 aromatic heterocycles. The smallest absolute Gasteiger partial charge is 0.262 e. The zero-order valence-corrected chi connectivity index (χ0v) is 13.8. The lowest BCUT2D eigenvalue weighted by Gasteiger charge is -2.16. The summed E-state index contributed by atoms with van der Waals surface area (Å²) >= 11 is 18.4. The number of nitrogens with zero attached hydrogens (tertiary/aromatic N) is 1. The number of carbonyl (C=O) groups excluding carboxylic acids is 2. The first kappa shape index (κ1) is 15.9. The molecule has 0 unspecified atom stereocenters. The highest BCUT2D eigenvalue weighted by Crippen LogP contribution is 2.37. The number of carbonyl (C=O) groups is 2. The summed E-state index contributed by atoms with van der Waals surface area (Å²) in [6.45, 7) is 1.65. The van der Waals surface area contributed by atoms with E-state index in [9.17, 15) is 14.4 Å². The maximum absolute atomic E-state index is 12.4. The molecule has 3 N–H and O–H groups in total. The van der Waals surface area contributed by atoms with E-state index in [1.165, 1.54) is 6.07 Å². The number of pyridine rings is 1. The summed E-state index contributed by atoms with van der Waals surface area (Å²) in [5.41, 5.74) is 5.74. The topological polar surface area (TPSA) is 94.2 Å². The van der Waals surface area contributed by atoms with Gasteiger partial charge in [0.1, 0.15) is 5.82 Å². The fourth-order valence-corrected chi connectivity index (χ4v) is 3.32. The highest BCUT2D eigenvalue weighted by atomic mass is 35.5. The molecule has 9 heteroatoms. The molecule has 23 heavy (non-hydrogen) atoms. The van der Waals surface area contributed by atoms with Crippen LogP contribution in [-0.2, 0) is 0 Å². The number of rotatable bonds is 1. The van der Waals surface area contributed by atoms with Crippen LogP contribution in [0.1, 0.15) is 26.3 Å². The van der Waals surface area contributed by atoms with E-state index in [2.05, 4.69) is 5.32 Å². The summed E-state index contributed by atoms with van der Waals surface area (Å²) in [4.78, 5) is 35.9. The second kappa shape index (κ2) is 5.26. The summed E-state index contributed by atoms with van der Waals surface area (Å²) in [6, 6.07) is 2.44. The van der Waals surface area contributed by atoms with Crippen molar-refractivity contribution in [2.45, 2.75) is 6.92 Å². The average molecular weight is 373 g/mol. The Hall–Kier alpha value is -2.02. The Balaban J connectivity index is 2.43. The van der Waals surface area contributed by atoms with Crippen LogP contribution in [0, 0.1) is 6.92 Å². The molecule has 1 aliphatic heterocycles. The zero-order chi connectivity index (χ0) is 17.0. The third-order valence-electron chi connectivity index (χ3n) is 3.55. The van der Waals surface area contributed by atoms with Gasteiger partial charge < -0.3 is 5.73 Å². The van der Waals surface area contributed by atoms with Gasteiger partial charge in [0.25, 0.3) is 17.4 Å². The van der Waals surface area contributed by atoms with Crippen LogP contribution in [0.25, 0.3) is 5.69 Å². The van der Waals surface area contributed by atoms with Gasteiger partial charge in [-0.15, -0.1) is 0 Å². The number of halogens is 3. The normalized spacial score (nSPS) is 13.2. The predicted octanol–water partition coefficient (Wildman–Crippen LogP) is 2.57. The fourth-order valence-electron chi connectivity index (χ4n) is 2.39. The molecule has 1 aliphatic rings. The zero-order valence-electron chi connectivity index (χ0n) is 11.5. The number of anilines is 1. The molecule has 0 saturated carbocycles. The van der Waals surface area contributed by atoms with Crippen LogP contribution in [0.5, 0.6) is 0 Å². The predicted molar refractivity (Wildman–Crippen MR) is 88.0 cm³/mol. The summed E-state index contributed by atoms with van der Waals surface area (Å²) in [5.74, 6) is -1.58. The summed E-state index contributed by atoms with van der Waals surface area (Å²) in [5, 5.41) is 2.62. The molecule has 2 amide bonds. The van der Waals surface area contributed by atoms with Gasteiger partial charge in [-0.2, -0.15) is 0 Å². The Morgan fingerprint density at radius 3 is 2.35 bits per heavy atom. The second-order valence-electron chi connectivity index (χ2n) is 4.90. The van der Waals surface area contributed by atoms with Crippen molar-refractivity contribution < 1.29 is 9.59 Å². The Labute approximate surface area is 144 Å². The number of benzene rings is 1. The minimum absolute atomic E-state index is 0.0771. The lowest BCUT2D eigenvalue weighted by molar-refractivity contribution is 0.0880. The summed E-state index contributed by atoms with van der Waals surface area (Å²) in [7, 11) is 0. The standard InChI is InChI=1S/C14H8Cl3N3O3/c1-4-6(15)3-7(16)11(10(4)17)20-8(21)2-5-9(12(20)18)14(23)19-13(5)22/h2-3H,18H2,1H3,(H,19,22,23). The Bertz CT molecular complexity index is 966. The van der Waals surface area contributed by atoms with Gasteiger partial charge in [0.05, 0.1) is 26.9 Å². The van der Waals surface area contributed by atoms with Gasteiger partial charge in [-0.25, -0.2) is 0 Å². The molecule has 118 valence electrons. The van der Waals surface area contributed by atoms with Crippen LogP contribution in [-0.4, -0.2) is 16.4 Å². The summed E-state index contributed by atoms with van der Waals surface area (Å²) < 4.78 is 0.991. The molecular weight excluding hydrogens is 365 g/mol. The molecule has 2 aromatic rings. The van der Waals surface area contributed by atoms with Crippen molar-refractivity contribution in [3.63, 3.8) is 0 Å². The van der Waals surface area contributed by atoms with Gasteiger partial charge in [-0.1, -0.05) is 34.8 Å². The third kappa shape index (κ3) is 2.22. The minimum atomic E-state index is -0.686. The van der Waals surface area contributed by atoms with Crippen molar-refractivity contribution >= 4 is 52.4 Å². The van der Waals surface area contributed by atoms with Crippen LogP contribution in [0.3, 0.4) is 0 Å². The first-order valence-corrected chi connectivity index (χ1v) is 7.43. The van der Waals surface area contributed by atoms with Crippen molar-refractivity contribution in [3.05, 3.63) is 54.2 Å². The SMILES string of the molecule is Cc1c(Cl)cc(Cl)c(-n2c(N)c3c(cc2=O)C(=O)NC3=O)c1Cl. The minimum Gasteiger partial charge on any atom is -0.384 e. The molecule has 0 atom stereocenters. The van der Waals surface area contributed by atoms with Gasteiger partial charge in [-0.05, 0) is 18.6 Å². The maximum Gasteiger partial charge on any atom is 0.262 e. The summed E-state index contributed by atoms with van der Waals surface area (Å²) in [6.07, 6.45) is 0. The second-order valence-corrected chi connectivity index (χ2v) is 6.10. The third-order valence-corrected chi connectivity index (χ3v) is 4.70. The van der Waals surface area contributed by atoms with Gasteiger partial charge in [0.15, 0.2) is 0 Å². The van der Waals surface area contributed by atoms with E-state index in [0.717, 1.165) is 10.6 Å². The molecule has 0 bridgehead atoms. The Morgan fingerprint density at radius 1 is 1.04 bits per heavy atom. The molecule has 0 spiro atoms. The number of nitrogen functional groups attached to an aromatic ring is 1. The van der Waals surface area contributed by atoms with Crippen molar-refractivity contribution in [1.29, 1.82) is 0 Å². The van der Waals surface area contributed by atoms with Gasteiger partial charge in [0, 0.05) is 11.1 Å². The number of aromatic nitrogens is 1. The maximum atomic E-state index is 12.4. The van der Waals surface area contributed by atoms with Crippen LogP contribution in [0.4, 0.5) is 5.82 Å². The Morgan fingerprint density at radius 2 is 1.70 bits per heavy atom. The number of hydrogen-bond acceptors (Lipinski definition) is 4. The number of fused-ring (bicyclic) bond motifs is 1. The van der Waals surface area contributed by atoms with E-state index in [0.29, 0.717) is 10.6 Å². The molecule has 0 saturated heterocycles. The van der Waals surface area contributed by atoms with Crippen LogP contribution in [0.2, 0.25) is 15.1 Å². The van der Waals surface area contributed by atoms with Gasteiger partial charge in [-0.3, -0.25) is 24.3 Å². The quantitative estimate of drug-likeness (QED) is 0.752. The van der Waals surface area contributed by atoms with E-state index >= 15 is 0 Å². The van der Waals surface area contributed by atoms with Crippen molar-refractivity contribution in [2.24, 2.45) is 0 Å². The molecule has 6 nitrogen and oxygen atoms in total. The highest BCUT2D eigenvalue weighted by molar-refractivity contribution is 6.41. The lowest BCUT2D eigenvalue weighted by atomic mass is 10.1. The van der Waals surface area contributed by atoms with Crippen molar-refractivity contribution in [2.75, 3.05) is 5.73 Å².